The van der Waals surface area contributed by atoms with Gasteiger partial charge in [0.2, 0.25) is 5.91 Å². The lowest BCUT2D eigenvalue weighted by Crippen LogP contribution is -2.50. The van der Waals surface area contributed by atoms with Crippen LogP contribution in [0.2, 0.25) is 0 Å². The van der Waals surface area contributed by atoms with Crippen LogP contribution in [0.4, 0.5) is 4.79 Å². The molecular formula is C27H39N3O3S. The van der Waals surface area contributed by atoms with E-state index in [1.165, 1.54) is 16.0 Å². The van der Waals surface area contributed by atoms with Gasteiger partial charge in [-0.15, -0.1) is 11.3 Å². The minimum atomic E-state index is -0.160. The van der Waals surface area contributed by atoms with Crippen LogP contribution in [-0.2, 0) is 11.2 Å². The van der Waals surface area contributed by atoms with Crippen molar-refractivity contribution in [2.24, 2.45) is 5.92 Å². The van der Waals surface area contributed by atoms with Gasteiger partial charge >= 0.3 is 6.03 Å². The van der Waals surface area contributed by atoms with Crippen LogP contribution in [0.5, 0.6) is 5.75 Å². The molecule has 0 saturated carbocycles. The number of carbonyl (C=O) groups is 2. The molecule has 2 heterocycles. The number of ether oxygens (including phenoxy) is 1. The third-order valence-corrected chi connectivity index (χ3v) is 7.51. The molecule has 0 radical (unpaired) electrons. The zero-order chi connectivity index (χ0) is 24.7. The largest absolute Gasteiger partial charge is 0.491 e. The van der Waals surface area contributed by atoms with Gasteiger partial charge in [-0.05, 0) is 61.2 Å². The van der Waals surface area contributed by atoms with E-state index in [0.29, 0.717) is 32.2 Å². The average molecular weight is 486 g/mol. The Balaban J connectivity index is 1.77. The Morgan fingerprint density at radius 3 is 2.76 bits per heavy atom. The van der Waals surface area contributed by atoms with E-state index < -0.39 is 0 Å². The summed E-state index contributed by atoms with van der Waals surface area (Å²) in [5.41, 5.74) is 3.45. The van der Waals surface area contributed by atoms with Crippen molar-refractivity contribution in [1.82, 2.24) is 15.1 Å². The molecule has 0 aliphatic carbocycles. The van der Waals surface area contributed by atoms with Gasteiger partial charge in [-0.2, -0.15) is 0 Å². The number of nitrogens with one attached hydrogen (secondary N) is 1. The summed E-state index contributed by atoms with van der Waals surface area (Å²) in [4.78, 5) is 31.3. The minimum absolute atomic E-state index is 0.0268. The predicted octanol–water partition coefficient (Wildman–Crippen LogP) is 5.34. The van der Waals surface area contributed by atoms with Gasteiger partial charge in [0.1, 0.15) is 18.9 Å². The first-order valence-corrected chi connectivity index (χ1v) is 13.3. The number of nitrogens with zero attached hydrogens (tertiary/aromatic N) is 2. The lowest BCUT2D eigenvalue weighted by molar-refractivity contribution is -0.135. The molecule has 3 rings (SSSR count). The van der Waals surface area contributed by atoms with Crippen molar-refractivity contribution in [1.29, 1.82) is 0 Å². The summed E-state index contributed by atoms with van der Waals surface area (Å²) in [6.07, 6.45) is 2.66. The molecule has 3 amide bonds. The van der Waals surface area contributed by atoms with Crippen molar-refractivity contribution in [3.63, 3.8) is 0 Å². The van der Waals surface area contributed by atoms with Crippen LogP contribution in [0.25, 0.3) is 0 Å². The molecule has 2 atom stereocenters. The van der Waals surface area contributed by atoms with Crippen molar-refractivity contribution in [2.75, 3.05) is 32.8 Å². The fourth-order valence-corrected chi connectivity index (χ4v) is 5.26. The van der Waals surface area contributed by atoms with E-state index in [1.807, 2.05) is 30.9 Å². The number of thiophene rings is 1. The Morgan fingerprint density at radius 1 is 1.26 bits per heavy atom. The van der Waals surface area contributed by atoms with E-state index >= 15 is 0 Å². The van der Waals surface area contributed by atoms with Crippen molar-refractivity contribution in [2.45, 2.75) is 59.9 Å². The van der Waals surface area contributed by atoms with Crippen molar-refractivity contribution < 1.29 is 14.3 Å². The van der Waals surface area contributed by atoms with Gasteiger partial charge in [-0.25, -0.2) is 4.79 Å². The summed E-state index contributed by atoms with van der Waals surface area (Å²) < 4.78 is 6.24. The molecule has 6 nitrogen and oxygen atoms in total. The molecule has 1 N–H and O–H groups in total. The Bertz CT molecular complexity index is 974. The highest BCUT2D eigenvalue weighted by Crippen LogP contribution is 2.34. The van der Waals surface area contributed by atoms with Gasteiger partial charge in [-0.1, -0.05) is 44.9 Å². The lowest BCUT2D eigenvalue weighted by Gasteiger charge is -2.37. The number of hydrogen-bond acceptors (Lipinski definition) is 4. The number of carbonyl (C=O) groups excluding carboxylic acids is 2. The Labute approximate surface area is 208 Å². The fraction of sp³-hybridized carbons (Fsp3) is 0.556. The number of urea groups is 1. The Kier molecular flexibility index (Phi) is 9.39. The van der Waals surface area contributed by atoms with Gasteiger partial charge in [0.25, 0.3) is 0 Å². The first-order chi connectivity index (χ1) is 16.3. The smallest absolute Gasteiger partial charge is 0.317 e. The number of aryl methyl sites for hydroxylation is 2. The van der Waals surface area contributed by atoms with Gasteiger partial charge < -0.3 is 19.9 Å². The number of fused-ring (bicyclic) bond motifs is 1. The van der Waals surface area contributed by atoms with Crippen molar-refractivity contribution >= 4 is 23.3 Å². The predicted molar refractivity (Wildman–Crippen MR) is 139 cm³/mol. The summed E-state index contributed by atoms with van der Waals surface area (Å²) in [6.45, 7) is 12.7. The summed E-state index contributed by atoms with van der Waals surface area (Å²) in [5.74, 6) is 1.15. The zero-order valence-electron chi connectivity index (χ0n) is 21.2. The SMILES string of the molecule is CCCNC(=O)N(CC(=O)N1CCc2sccc2[C@H]1COc1ccc(C)cc1C)C[C@@H](C)CC. The van der Waals surface area contributed by atoms with Gasteiger partial charge in [0.15, 0.2) is 0 Å². The molecule has 7 heteroatoms. The average Bonchev–Trinajstić information content (AvgIpc) is 3.30. The normalized spacial score (nSPS) is 16.0. The van der Waals surface area contributed by atoms with E-state index in [0.717, 1.165) is 30.6 Å². The summed E-state index contributed by atoms with van der Waals surface area (Å²) in [6, 6.07) is 7.94. The Morgan fingerprint density at radius 2 is 2.06 bits per heavy atom. The molecule has 0 bridgehead atoms. The standard InChI is InChI=1S/C27H39N3O3S/c1-6-12-28-27(32)29(16-19(3)7-2)17-26(31)30-13-10-25-22(11-14-34-25)23(30)18-33-24-9-8-20(4)15-21(24)5/h8-9,11,14-15,19,23H,6-7,10,12-13,16-18H2,1-5H3,(H,28,32)/t19-,23+/m0/s1. The van der Waals surface area contributed by atoms with Crippen molar-refractivity contribution in [3.8, 4) is 5.75 Å². The maximum Gasteiger partial charge on any atom is 0.317 e. The third-order valence-electron chi connectivity index (χ3n) is 6.51. The topological polar surface area (TPSA) is 61.9 Å². The van der Waals surface area contributed by atoms with Crippen LogP contribution in [0, 0.1) is 19.8 Å². The lowest BCUT2D eigenvalue weighted by atomic mass is 10.00. The zero-order valence-corrected chi connectivity index (χ0v) is 22.0. The monoisotopic (exact) mass is 485 g/mol. The fourth-order valence-electron chi connectivity index (χ4n) is 4.33. The maximum atomic E-state index is 13.6. The highest BCUT2D eigenvalue weighted by molar-refractivity contribution is 7.10. The van der Waals surface area contributed by atoms with Crippen LogP contribution < -0.4 is 10.1 Å². The number of amides is 3. The number of rotatable bonds is 10. The molecule has 0 unspecified atom stereocenters. The number of benzene rings is 1. The molecule has 1 aliphatic rings. The third kappa shape index (κ3) is 6.53. The van der Waals surface area contributed by atoms with E-state index in [-0.39, 0.29) is 24.5 Å². The van der Waals surface area contributed by atoms with E-state index in [4.69, 9.17) is 4.74 Å². The van der Waals surface area contributed by atoms with Gasteiger partial charge in [0.05, 0.1) is 6.04 Å². The molecule has 186 valence electrons. The molecular weight excluding hydrogens is 446 g/mol. The molecule has 1 aliphatic heterocycles. The highest BCUT2D eigenvalue weighted by Gasteiger charge is 2.33. The van der Waals surface area contributed by atoms with E-state index in [1.54, 1.807) is 16.2 Å². The second-order valence-electron chi connectivity index (χ2n) is 9.36. The van der Waals surface area contributed by atoms with Crippen LogP contribution in [0.1, 0.15) is 61.2 Å². The van der Waals surface area contributed by atoms with Crippen molar-refractivity contribution in [3.05, 3.63) is 51.2 Å². The molecule has 1 aromatic heterocycles. The highest BCUT2D eigenvalue weighted by atomic mass is 32.1. The Hall–Kier alpha value is -2.54. The number of hydrogen-bond donors (Lipinski definition) is 1. The van der Waals surface area contributed by atoms with Gasteiger partial charge in [0, 0.05) is 24.5 Å². The van der Waals surface area contributed by atoms with E-state index in [9.17, 15) is 9.59 Å². The maximum absolute atomic E-state index is 13.6. The molecule has 0 fully saturated rings. The van der Waals surface area contributed by atoms with Gasteiger partial charge in [-0.3, -0.25) is 4.79 Å². The summed E-state index contributed by atoms with van der Waals surface area (Å²) in [5, 5.41) is 5.04. The van der Waals surface area contributed by atoms with Crippen LogP contribution in [0.3, 0.4) is 0 Å². The first-order valence-electron chi connectivity index (χ1n) is 12.4. The molecule has 0 saturated heterocycles. The minimum Gasteiger partial charge on any atom is -0.491 e. The second-order valence-corrected chi connectivity index (χ2v) is 10.4. The second kappa shape index (κ2) is 12.2. The molecule has 34 heavy (non-hydrogen) atoms. The summed E-state index contributed by atoms with van der Waals surface area (Å²) >= 11 is 1.74. The van der Waals surface area contributed by atoms with Crippen LogP contribution >= 0.6 is 11.3 Å². The first kappa shape index (κ1) is 26.1. The molecule has 1 aromatic carbocycles. The molecule has 0 spiro atoms. The van der Waals surface area contributed by atoms with Crippen LogP contribution in [-0.4, -0.2) is 54.5 Å². The quantitative estimate of drug-likeness (QED) is 0.494. The molecule has 2 aromatic rings. The summed E-state index contributed by atoms with van der Waals surface area (Å²) in [7, 11) is 0. The van der Waals surface area contributed by atoms with Crippen LogP contribution in [0.15, 0.2) is 29.6 Å². The van der Waals surface area contributed by atoms with E-state index in [2.05, 4.69) is 43.6 Å².